The van der Waals surface area contributed by atoms with Crippen LogP contribution in [-0.4, -0.2) is 0 Å². The minimum absolute atomic E-state index is 0.0517. The molecule has 0 saturated heterocycles. The fraction of sp³-hybridized carbons (Fsp3) is 0.333. The minimum atomic E-state index is 0.0517. The van der Waals surface area contributed by atoms with Crippen molar-refractivity contribution in [1.82, 2.24) is 0 Å². The van der Waals surface area contributed by atoms with E-state index in [0.29, 0.717) is 0 Å². The van der Waals surface area contributed by atoms with Crippen LogP contribution in [0, 0.1) is 0 Å². The summed E-state index contributed by atoms with van der Waals surface area (Å²) in [5.74, 6) is 0. The normalized spacial score (nSPS) is 11.5. The van der Waals surface area contributed by atoms with E-state index in [-0.39, 0.29) is 5.41 Å². The molecule has 0 aliphatic heterocycles. The van der Waals surface area contributed by atoms with Crippen molar-refractivity contribution >= 4 is 11.4 Å². The van der Waals surface area contributed by atoms with Gasteiger partial charge in [-0.2, -0.15) is 0 Å². The molecule has 0 fully saturated rings. The summed E-state index contributed by atoms with van der Waals surface area (Å²) in [5.41, 5.74) is 16.0. The molecule has 0 atom stereocenters. The van der Waals surface area contributed by atoms with Gasteiger partial charge in [-0.3, -0.25) is 0 Å². The molecule has 0 aliphatic carbocycles. The summed E-state index contributed by atoms with van der Waals surface area (Å²) in [7, 11) is 0. The second-order valence-corrected chi connectivity index (χ2v) is 5.43. The fourth-order valence-electron chi connectivity index (χ4n) is 3.07. The summed E-state index contributed by atoms with van der Waals surface area (Å²) in [4.78, 5) is 0. The predicted molar refractivity (Wildman–Crippen MR) is 87.7 cm³/mol. The molecule has 2 heteroatoms. The van der Waals surface area contributed by atoms with Gasteiger partial charge in [0.15, 0.2) is 0 Å². The summed E-state index contributed by atoms with van der Waals surface area (Å²) < 4.78 is 0. The molecule has 2 aromatic carbocycles. The van der Waals surface area contributed by atoms with E-state index in [1.54, 1.807) is 0 Å². The van der Waals surface area contributed by atoms with E-state index in [2.05, 4.69) is 38.1 Å². The molecule has 0 bridgehead atoms. The zero-order valence-electron chi connectivity index (χ0n) is 12.4. The highest BCUT2D eigenvalue weighted by molar-refractivity contribution is 5.48. The first-order chi connectivity index (χ1) is 9.62. The Hall–Kier alpha value is -1.96. The first-order valence-corrected chi connectivity index (χ1v) is 7.34. The first-order valence-electron chi connectivity index (χ1n) is 7.34. The maximum Gasteiger partial charge on any atom is 0.0314 e. The van der Waals surface area contributed by atoms with Gasteiger partial charge >= 0.3 is 0 Å². The van der Waals surface area contributed by atoms with Crippen LogP contribution in [0.3, 0.4) is 0 Å². The monoisotopic (exact) mass is 268 g/mol. The minimum Gasteiger partial charge on any atom is -0.399 e. The average Bonchev–Trinajstić information content (AvgIpc) is 2.47. The van der Waals surface area contributed by atoms with Gasteiger partial charge < -0.3 is 11.5 Å². The van der Waals surface area contributed by atoms with Crippen molar-refractivity contribution in [1.29, 1.82) is 0 Å². The Morgan fingerprint density at radius 2 is 1.15 bits per heavy atom. The SMILES string of the molecule is CCCC(CC)(c1ccc(N)cc1)c1ccc(N)cc1. The van der Waals surface area contributed by atoms with Crippen LogP contribution < -0.4 is 11.5 Å². The van der Waals surface area contributed by atoms with E-state index in [9.17, 15) is 0 Å². The Kier molecular flexibility index (Phi) is 4.33. The summed E-state index contributed by atoms with van der Waals surface area (Å²) in [6, 6.07) is 16.6. The van der Waals surface area contributed by atoms with Crippen molar-refractivity contribution in [3.8, 4) is 0 Å². The van der Waals surface area contributed by atoms with E-state index in [4.69, 9.17) is 11.5 Å². The molecular formula is C18H24N2. The highest BCUT2D eigenvalue weighted by Gasteiger charge is 2.31. The number of anilines is 2. The van der Waals surface area contributed by atoms with Crippen molar-refractivity contribution in [3.63, 3.8) is 0 Å². The van der Waals surface area contributed by atoms with E-state index in [1.807, 2.05) is 24.3 Å². The molecule has 0 aliphatic rings. The van der Waals surface area contributed by atoms with Crippen molar-refractivity contribution in [3.05, 3.63) is 59.7 Å². The largest absolute Gasteiger partial charge is 0.399 e. The van der Waals surface area contributed by atoms with Gasteiger partial charge in [-0.05, 0) is 48.2 Å². The third-order valence-corrected chi connectivity index (χ3v) is 4.21. The van der Waals surface area contributed by atoms with E-state index >= 15 is 0 Å². The highest BCUT2D eigenvalue weighted by Crippen LogP contribution is 2.40. The third-order valence-electron chi connectivity index (χ3n) is 4.21. The van der Waals surface area contributed by atoms with Crippen molar-refractivity contribution < 1.29 is 0 Å². The van der Waals surface area contributed by atoms with Crippen LogP contribution in [-0.2, 0) is 5.41 Å². The molecule has 0 unspecified atom stereocenters. The number of hydrogen-bond acceptors (Lipinski definition) is 2. The second kappa shape index (κ2) is 6.00. The molecule has 106 valence electrons. The summed E-state index contributed by atoms with van der Waals surface area (Å²) in [6.07, 6.45) is 3.33. The molecular weight excluding hydrogens is 244 g/mol. The third kappa shape index (κ3) is 2.64. The molecule has 0 radical (unpaired) electrons. The van der Waals surface area contributed by atoms with Crippen LogP contribution in [0.1, 0.15) is 44.2 Å². The number of benzene rings is 2. The number of nitrogen functional groups attached to an aromatic ring is 2. The lowest BCUT2D eigenvalue weighted by atomic mass is 9.69. The second-order valence-electron chi connectivity index (χ2n) is 5.43. The van der Waals surface area contributed by atoms with Crippen LogP contribution >= 0.6 is 0 Å². The zero-order valence-corrected chi connectivity index (χ0v) is 12.4. The van der Waals surface area contributed by atoms with Crippen molar-refractivity contribution in [2.75, 3.05) is 11.5 Å². The van der Waals surface area contributed by atoms with Crippen LogP contribution in [0.4, 0.5) is 11.4 Å². The molecule has 0 amide bonds. The summed E-state index contributed by atoms with van der Waals surface area (Å²) in [6.45, 7) is 4.49. The number of hydrogen-bond donors (Lipinski definition) is 2. The molecule has 2 nitrogen and oxygen atoms in total. The van der Waals surface area contributed by atoms with Crippen LogP contribution in [0.2, 0.25) is 0 Å². The average molecular weight is 268 g/mol. The molecule has 0 heterocycles. The molecule has 0 spiro atoms. The van der Waals surface area contributed by atoms with Gasteiger partial charge in [0.25, 0.3) is 0 Å². The maximum absolute atomic E-state index is 5.83. The van der Waals surface area contributed by atoms with Crippen LogP contribution in [0.25, 0.3) is 0 Å². The fourth-order valence-corrected chi connectivity index (χ4v) is 3.07. The summed E-state index contributed by atoms with van der Waals surface area (Å²) >= 11 is 0. The highest BCUT2D eigenvalue weighted by atomic mass is 14.5. The van der Waals surface area contributed by atoms with E-state index in [1.165, 1.54) is 11.1 Å². The van der Waals surface area contributed by atoms with Crippen molar-refractivity contribution in [2.45, 2.75) is 38.5 Å². The predicted octanol–water partition coefficient (Wildman–Crippen LogP) is 4.35. The lowest BCUT2D eigenvalue weighted by molar-refractivity contribution is 0.450. The lowest BCUT2D eigenvalue weighted by Gasteiger charge is -2.34. The van der Waals surface area contributed by atoms with Gasteiger partial charge in [-0.15, -0.1) is 0 Å². The maximum atomic E-state index is 5.83. The van der Waals surface area contributed by atoms with Gasteiger partial charge in [0.2, 0.25) is 0 Å². The van der Waals surface area contributed by atoms with Crippen molar-refractivity contribution in [2.24, 2.45) is 0 Å². The molecule has 20 heavy (non-hydrogen) atoms. The molecule has 0 saturated carbocycles. The molecule has 0 aromatic heterocycles. The van der Waals surface area contributed by atoms with Crippen LogP contribution in [0.15, 0.2) is 48.5 Å². The Morgan fingerprint density at radius 3 is 1.45 bits per heavy atom. The molecule has 2 rings (SSSR count). The van der Waals surface area contributed by atoms with Gasteiger partial charge in [-0.25, -0.2) is 0 Å². The van der Waals surface area contributed by atoms with E-state index < -0.39 is 0 Å². The Bertz CT molecular complexity index is 495. The zero-order chi connectivity index (χ0) is 14.6. The van der Waals surface area contributed by atoms with Gasteiger partial charge in [0.1, 0.15) is 0 Å². The number of nitrogens with two attached hydrogens (primary N) is 2. The topological polar surface area (TPSA) is 52.0 Å². The lowest BCUT2D eigenvalue weighted by Crippen LogP contribution is -2.26. The Labute approximate surface area is 121 Å². The van der Waals surface area contributed by atoms with Gasteiger partial charge in [-0.1, -0.05) is 44.5 Å². The first kappa shape index (κ1) is 14.4. The van der Waals surface area contributed by atoms with Gasteiger partial charge in [0, 0.05) is 16.8 Å². The quantitative estimate of drug-likeness (QED) is 0.792. The Morgan fingerprint density at radius 1 is 0.750 bits per heavy atom. The molecule has 4 N–H and O–H groups in total. The van der Waals surface area contributed by atoms with Crippen LogP contribution in [0.5, 0.6) is 0 Å². The standard InChI is InChI=1S/C18H24N2/c1-3-13-18(4-2,14-5-9-16(19)10-6-14)15-7-11-17(20)12-8-15/h5-12H,3-4,13,19-20H2,1-2H3. The smallest absolute Gasteiger partial charge is 0.0314 e. The summed E-state index contributed by atoms with van der Waals surface area (Å²) in [5, 5.41) is 0. The van der Waals surface area contributed by atoms with Gasteiger partial charge in [0.05, 0.1) is 0 Å². The van der Waals surface area contributed by atoms with E-state index in [0.717, 1.165) is 30.6 Å². The number of rotatable bonds is 5. The Balaban J connectivity index is 2.54. The molecule has 2 aromatic rings.